The van der Waals surface area contributed by atoms with Crippen molar-refractivity contribution in [2.75, 3.05) is 19.7 Å². The van der Waals surface area contributed by atoms with E-state index in [1.165, 1.54) is 4.90 Å². The number of fused-ring (bicyclic) bond motifs is 1. The largest absolute Gasteiger partial charge is 0.448 e. The van der Waals surface area contributed by atoms with Crippen molar-refractivity contribution in [2.45, 2.75) is 85.5 Å². The van der Waals surface area contributed by atoms with Crippen LogP contribution in [0.3, 0.4) is 0 Å². The van der Waals surface area contributed by atoms with Crippen LogP contribution in [0.25, 0.3) is 0 Å². The second-order valence-corrected chi connectivity index (χ2v) is 10.4. The van der Waals surface area contributed by atoms with Gasteiger partial charge in [-0.3, -0.25) is 14.4 Å². The van der Waals surface area contributed by atoms with Gasteiger partial charge in [-0.05, 0) is 37.0 Å². The summed E-state index contributed by atoms with van der Waals surface area (Å²) in [4.78, 5) is 49.0. The summed E-state index contributed by atoms with van der Waals surface area (Å²) in [7, 11) is 0. The maximum Gasteiger partial charge on any atom is 0.436 e. The summed E-state index contributed by atoms with van der Waals surface area (Å²) in [5, 5.41) is 1.14. The lowest BCUT2D eigenvalue weighted by atomic mass is 9.96. The molecule has 0 bridgehead atoms. The molecule has 9 nitrogen and oxygen atoms in total. The zero-order valence-electron chi connectivity index (χ0n) is 21.1. The van der Waals surface area contributed by atoms with E-state index in [-0.39, 0.29) is 43.0 Å². The summed E-state index contributed by atoms with van der Waals surface area (Å²) in [5.41, 5.74) is 6.03. The third-order valence-corrected chi connectivity index (χ3v) is 5.90. The molecule has 0 aromatic carbocycles. The van der Waals surface area contributed by atoms with E-state index in [0.717, 1.165) is 11.5 Å². The highest BCUT2D eigenvalue weighted by atomic mass is 16.7. The molecule has 0 radical (unpaired) electrons. The first-order valence-electron chi connectivity index (χ1n) is 12.1. The van der Waals surface area contributed by atoms with E-state index in [1.54, 1.807) is 4.90 Å². The average Bonchev–Trinajstić information content (AvgIpc) is 2.69. The van der Waals surface area contributed by atoms with Gasteiger partial charge in [-0.25, -0.2) is 4.79 Å². The number of piperazine rings is 1. The van der Waals surface area contributed by atoms with E-state index in [2.05, 4.69) is 20.4 Å². The van der Waals surface area contributed by atoms with E-state index < -0.39 is 24.4 Å². The van der Waals surface area contributed by atoms with E-state index in [0.29, 0.717) is 31.2 Å². The lowest BCUT2D eigenvalue weighted by Gasteiger charge is -2.53. The van der Waals surface area contributed by atoms with Gasteiger partial charge >= 0.3 is 6.09 Å². The molecule has 3 amide bonds. The van der Waals surface area contributed by atoms with Crippen molar-refractivity contribution in [3.63, 3.8) is 0 Å². The van der Waals surface area contributed by atoms with Crippen LogP contribution in [0.4, 0.5) is 4.79 Å². The minimum Gasteiger partial charge on any atom is -0.448 e. The van der Waals surface area contributed by atoms with Gasteiger partial charge in [-0.15, -0.1) is 0 Å². The Labute approximate surface area is 198 Å². The summed E-state index contributed by atoms with van der Waals surface area (Å²) in [6.07, 6.45) is -0.349. The number of nitrogens with two attached hydrogens (primary N) is 1. The van der Waals surface area contributed by atoms with Crippen molar-refractivity contribution in [1.29, 1.82) is 0 Å². The van der Waals surface area contributed by atoms with Crippen molar-refractivity contribution >= 4 is 17.9 Å². The molecule has 1 unspecified atom stereocenters. The molecule has 0 aromatic heterocycles. The number of carbonyl (C=O) groups is 3. The molecule has 0 spiro atoms. The van der Waals surface area contributed by atoms with Crippen molar-refractivity contribution in [3.8, 4) is 0 Å². The molecule has 2 fully saturated rings. The Hall–Kier alpha value is -2.29. The SMILES string of the molecule is C=C(N)C[C@H]1ON(C(=O)OCCC(C)C)C2CN(CCC(C)C)C(=O)[C@H](CC(C)C)N2C1=O. The highest BCUT2D eigenvalue weighted by Crippen LogP contribution is 2.32. The Bertz CT molecular complexity index is 724. The minimum atomic E-state index is -1.03. The molecule has 33 heavy (non-hydrogen) atoms. The van der Waals surface area contributed by atoms with Gasteiger partial charge in [-0.1, -0.05) is 48.1 Å². The Morgan fingerprint density at radius 3 is 2.27 bits per heavy atom. The summed E-state index contributed by atoms with van der Waals surface area (Å²) < 4.78 is 5.47. The van der Waals surface area contributed by atoms with Crippen LogP contribution in [0.15, 0.2) is 12.3 Å². The lowest BCUT2D eigenvalue weighted by Crippen LogP contribution is -2.73. The molecule has 2 aliphatic rings. The van der Waals surface area contributed by atoms with Gasteiger partial charge in [0.25, 0.3) is 5.91 Å². The normalized spacial score (nSPS) is 23.5. The smallest absolute Gasteiger partial charge is 0.436 e. The molecule has 9 heteroatoms. The number of hydrogen-bond donors (Lipinski definition) is 1. The molecule has 0 aromatic rings. The first-order valence-corrected chi connectivity index (χ1v) is 12.1. The molecular weight excluding hydrogens is 424 g/mol. The molecule has 2 N–H and O–H groups in total. The second kappa shape index (κ2) is 11.7. The van der Waals surface area contributed by atoms with Crippen molar-refractivity contribution in [3.05, 3.63) is 12.3 Å². The first-order chi connectivity index (χ1) is 15.4. The summed E-state index contributed by atoms with van der Waals surface area (Å²) >= 11 is 0. The monoisotopic (exact) mass is 466 g/mol. The van der Waals surface area contributed by atoms with E-state index in [4.69, 9.17) is 15.3 Å². The predicted molar refractivity (Wildman–Crippen MR) is 125 cm³/mol. The zero-order chi connectivity index (χ0) is 24.9. The fourth-order valence-corrected chi connectivity index (χ4v) is 4.07. The summed E-state index contributed by atoms with van der Waals surface area (Å²) in [6.45, 7) is 17.0. The maximum absolute atomic E-state index is 13.4. The molecule has 2 aliphatic heterocycles. The molecule has 0 saturated carbocycles. The average molecular weight is 467 g/mol. The number of amides is 3. The van der Waals surface area contributed by atoms with E-state index in [1.807, 2.05) is 27.7 Å². The van der Waals surface area contributed by atoms with Crippen LogP contribution in [-0.2, 0) is 19.2 Å². The van der Waals surface area contributed by atoms with Crippen LogP contribution in [-0.4, -0.2) is 70.8 Å². The number of rotatable bonds is 10. The molecule has 2 heterocycles. The Morgan fingerprint density at radius 2 is 1.73 bits per heavy atom. The Morgan fingerprint density at radius 1 is 1.09 bits per heavy atom. The third-order valence-electron chi connectivity index (χ3n) is 5.90. The van der Waals surface area contributed by atoms with Gasteiger partial charge in [0.05, 0.1) is 13.2 Å². The molecule has 0 aliphatic carbocycles. The number of nitrogens with zero attached hydrogens (tertiary/aromatic N) is 3. The molecular formula is C24H42N4O5. The van der Waals surface area contributed by atoms with Crippen LogP contribution in [0.2, 0.25) is 0 Å². The third kappa shape index (κ3) is 7.09. The van der Waals surface area contributed by atoms with Gasteiger partial charge in [0, 0.05) is 18.7 Å². The number of ether oxygens (including phenoxy) is 1. The van der Waals surface area contributed by atoms with Crippen LogP contribution in [0.1, 0.15) is 67.2 Å². The van der Waals surface area contributed by atoms with Gasteiger partial charge in [0.2, 0.25) is 5.91 Å². The Balaban J connectivity index is 2.38. The maximum atomic E-state index is 13.4. The van der Waals surface area contributed by atoms with Gasteiger partial charge < -0.3 is 20.3 Å². The van der Waals surface area contributed by atoms with Gasteiger partial charge in [0.15, 0.2) is 12.3 Å². The first kappa shape index (κ1) is 27.0. The molecule has 188 valence electrons. The van der Waals surface area contributed by atoms with Crippen LogP contribution >= 0.6 is 0 Å². The molecule has 2 rings (SSSR count). The minimum absolute atomic E-state index is 0.0531. The highest BCUT2D eigenvalue weighted by molar-refractivity contribution is 5.92. The molecule has 2 saturated heterocycles. The topological polar surface area (TPSA) is 105 Å². The predicted octanol–water partition coefficient (Wildman–Crippen LogP) is 3.11. The lowest BCUT2D eigenvalue weighted by molar-refractivity contribution is -0.267. The van der Waals surface area contributed by atoms with Crippen molar-refractivity contribution in [2.24, 2.45) is 23.5 Å². The summed E-state index contributed by atoms with van der Waals surface area (Å²) in [6, 6.07) is -0.674. The fourth-order valence-electron chi connectivity index (χ4n) is 4.07. The van der Waals surface area contributed by atoms with Gasteiger partial charge in [0.1, 0.15) is 6.04 Å². The quantitative estimate of drug-likeness (QED) is 0.530. The van der Waals surface area contributed by atoms with E-state index >= 15 is 0 Å². The molecule has 3 atom stereocenters. The zero-order valence-corrected chi connectivity index (χ0v) is 21.1. The van der Waals surface area contributed by atoms with Crippen molar-refractivity contribution < 1.29 is 24.0 Å². The van der Waals surface area contributed by atoms with Crippen molar-refractivity contribution in [1.82, 2.24) is 14.9 Å². The second-order valence-electron chi connectivity index (χ2n) is 10.4. The van der Waals surface area contributed by atoms with Crippen LogP contribution in [0, 0.1) is 17.8 Å². The standard InChI is InChI=1S/C24H42N4O5/c1-15(2)8-10-26-14-21-27(19(22(26)29)12-17(5)6)23(30)20(13-18(7)25)33-28(21)24(31)32-11-9-16(3)4/h15-17,19-21H,7-14,25H2,1-6H3/t19-,20+,21?/m0/s1. The van der Waals surface area contributed by atoms with Crippen LogP contribution < -0.4 is 5.73 Å². The highest BCUT2D eigenvalue weighted by Gasteiger charge is 2.53. The number of hydrogen-bond acceptors (Lipinski definition) is 6. The Kier molecular flexibility index (Phi) is 9.57. The van der Waals surface area contributed by atoms with Crippen LogP contribution in [0.5, 0.6) is 0 Å². The number of carbonyl (C=O) groups excluding carboxylic acids is 3. The number of hydroxylamine groups is 2. The van der Waals surface area contributed by atoms with E-state index in [9.17, 15) is 14.4 Å². The van der Waals surface area contributed by atoms with Gasteiger partial charge in [-0.2, -0.15) is 5.06 Å². The fraction of sp³-hybridized carbons (Fsp3) is 0.792. The summed E-state index contributed by atoms with van der Waals surface area (Å²) in [5.74, 6) is 0.533.